The lowest BCUT2D eigenvalue weighted by Crippen LogP contribution is -2.12. The van der Waals surface area contributed by atoms with E-state index in [1.54, 1.807) is 17.0 Å². The van der Waals surface area contributed by atoms with Crippen molar-refractivity contribution in [3.63, 3.8) is 0 Å². The molecule has 3 aromatic rings. The lowest BCUT2D eigenvalue weighted by Gasteiger charge is -2.18. The van der Waals surface area contributed by atoms with Crippen molar-refractivity contribution in [2.45, 2.75) is 33.2 Å². The van der Waals surface area contributed by atoms with Crippen LogP contribution < -0.4 is 0 Å². The SMILES string of the molecule is Cc1cccc([C@H](C)c2nccn2Cc2c(F)cc(F)cc2F)c1C. The summed E-state index contributed by atoms with van der Waals surface area (Å²) in [6, 6.07) is 7.46. The van der Waals surface area contributed by atoms with Crippen LogP contribution in [-0.2, 0) is 6.54 Å². The Morgan fingerprint density at radius 1 is 1.08 bits per heavy atom. The highest BCUT2D eigenvalue weighted by atomic mass is 19.1. The average Bonchev–Trinajstić information content (AvgIpc) is 3.01. The summed E-state index contributed by atoms with van der Waals surface area (Å²) in [7, 11) is 0. The number of benzene rings is 2. The molecule has 0 aliphatic rings. The molecule has 0 unspecified atom stereocenters. The fraction of sp³-hybridized carbons (Fsp3) is 0.250. The van der Waals surface area contributed by atoms with E-state index in [0.717, 1.165) is 5.56 Å². The van der Waals surface area contributed by atoms with Crippen molar-refractivity contribution < 1.29 is 13.2 Å². The summed E-state index contributed by atoms with van der Waals surface area (Å²) >= 11 is 0. The molecule has 1 atom stereocenters. The van der Waals surface area contributed by atoms with Crippen molar-refractivity contribution in [2.75, 3.05) is 0 Å². The highest BCUT2D eigenvalue weighted by Crippen LogP contribution is 2.28. The molecule has 0 aliphatic carbocycles. The Bertz CT molecular complexity index is 892. The fourth-order valence-corrected chi connectivity index (χ4v) is 3.11. The highest BCUT2D eigenvalue weighted by molar-refractivity contribution is 5.38. The van der Waals surface area contributed by atoms with Crippen molar-refractivity contribution in [2.24, 2.45) is 0 Å². The second-order valence-electron chi connectivity index (χ2n) is 6.27. The second kappa shape index (κ2) is 6.75. The molecule has 0 saturated heterocycles. The Morgan fingerprint density at radius 3 is 2.44 bits per heavy atom. The molecule has 25 heavy (non-hydrogen) atoms. The number of halogens is 3. The van der Waals surface area contributed by atoms with Crippen molar-refractivity contribution in [3.05, 3.63) is 88.3 Å². The van der Waals surface area contributed by atoms with Crippen LogP contribution in [0.25, 0.3) is 0 Å². The Labute approximate surface area is 145 Å². The monoisotopic (exact) mass is 344 g/mol. The maximum atomic E-state index is 14.0. The molecule has 0 N–H and O–H groups in total. The minimum atomic E-state index is -0.923. The summed E-state index contributed by atoms with van der Waals surface area (Å²) in [5, 5.41) is 0. The third kappa shape index (κ3) is 3.31. The molecule has 0 saturated carbocycles. The van der Waals surface area contributed by atoms with Gasteiger partial charge in [0.15, 0.2) is 0 Å². The minimum Gasteiger partial charge on any atom is -0.330 e. The van der Waals surface area contributed by atoms with Gasteiger partial charge in [0, 0.05) is 36.0 Å². The van der Waals surface area contributed by atoms with Crippen molar-refractivity contribution in [1.29, 1.82) is 0 Å². The van der Waals surface area contributed by atoms with Gasteiger partial charge in [0.05, 0.1) is 6.54 Å². The predicted octanol–water partition coefficient (Wildman–Crippen LogP) is 5.12. The Hall–Kier alpha value is -2.56. The van der Waals surface area contributed by atoms with E-state index in [2.05, 4.69) is 4.98 Å². The zero-order chi connectivity index (χ0) is 18.1. The van der Waals surface area contributed by atoms with E-state index in [9.17, 15) is 13.2 Å². The lowest BCUT2D eigenvalue weighted by atomic mass is 9.93. The third-order valence-electron chi connectivity index (χ3n) is 4.68. The van der Waals surface area contributed by atoms with Gasteiger partial charge in [-0.15, -0.1) is 0 Å². The van der Waals surface area contributed by atoms with Gasteiger partial charge in [0.2, 0.25) is 0 Å². The first-order chi connectivity index (χ1) is 11.9. The smallest absolute Gasteiger partial charge is 0.134 e. The van der Waals surface area contributed by atoms with Crippen LogP contribution in [0.4, 0.5) is 13.2 Å². The zero-order valence-electron chi connectivity index (χ0n) is 14.4. The Kier molecular flexibility index (Phi) is 4.66. The number of aryl methyl sites for hydroxylation is 1. The molecule has 0 fully saturated rings. The zero-order valence-corrected chi connectivity index (χ0v) is 14.4. The van der Waals surface area contributed by atoms with Gasteiger partial charge in [0.25, 0.3) is 0 Å². The van der Waals surface area contributed by atoms with E-state index >= 15 is 0 Å². The maximum Gasteiger partial charge on any atom is 0.134 e. The average molecular weight is 344 g/mol. The molecule has 0 aliphatic heterocycles. The first kappa shape index (κ1) is 17.3. The van der Waals surface area contributed by atoms with Crippen LogP contribution >= 0.6 is 0 Å². The summed E-state index contributed by atoms with van der Waals surface area (Å²) in [4.78, 5) is 4.38. The predicted molar refractivity (Wildman–Crippen MR) is 91.1 cm³/mol. The van der Waals surface area contributed by atoms with Gasteiger partial charge in [-0.1, -0.05) is 25.1 Å². The van der Waals surface area contributed by atoms with E-state index in [-0.39, 0.29) is 18.0 Å². The number of hydrogen-bond donors (Lipinski definition) is 0. The summed E-state index contributed by atoms with van der Waals surface area (Å²) < 4.78 is 42.7. The summed E-state index contributed by atoms with van der Waals surface area (Å²) in [5.41, 5.74) is 3.29. The molecule has 0 bridgehead atoms. The largest absolute Gasteiger partial charge is 0.330 e. The molecule has 1 heterocycles. The van der Waals surface area contributed by atoms with E-state index in [1.165, 1.54) is 11.1 Å². The molecule has 2 nitrogen and oxygen atoms in total. The normalized spacial score (nSPS) is 12.4. The Balaban J connectivity index is 1.97. The Morgan fingerprint density at radius 2 is 1.76 bits per heavy atom. The van der Waals surface area contributed by atoms with Crippen LogP contribution in [0.15, 0.2) is 42.7 Å². The molecule has 2 aromatic carbocycles. The standard InChI is InChI=1S/C20H19F3N2/c1-12-5-4-6-16(13(12)2)14(3)20-24-7-8-25(20)11-17-18(22)9-15(21)10-19(17)23/h4-10,14H,11H2,1-3H3/t14-/m0/s1. The van der Waals surface area contributed by atoms with Crippen LogP contribution in [0.3, 0.4) is 0 Å². The number of imidazole rings is 1. The minimum absolute atomic E-state index is 0.0392. The van der Waals surface area contributed by atoms with Crippen LogP contribution in [0.2, 0.25) is 0 Å². The van der Waals surface area contributed by atoms with Gasteiger partial charge in [-0.25, -0.2) is 18.2 Å². The van der Waals surface area contributed by atoms with Crippen LogP contribution in [0, 0.1) is 31.3 Å². The molecular weight excluding hydrogens is 325 g/mol. The molecule has 130 valence electrons. The summed E-state index contributed by atoms with van der Waals surface area (Å²) in [6.07, 6.45) is 3.29. The first-order valence-corrected chi connectivity index (χ1v) is 8.09. The molecule has 0 amide bonds. The molecule has 0 radical (unpaired) electrons. The van der Waals surface area contributed by atoms with E-state index in [1.807, 2.05) is 39.0 Å². The fourth-order valence-electron chi connectivity index (χ4n) is 3.11. The van der Waals surface area contributed by atoms with Crippen LogP contribution in [0.1, 0.15) is 40.9 Å². The number of nitrogens with zero attached hydrogens (tertiary/aromatic N) is 2. The van der Waals surface area contributed by atoms with Crippen molar-refractivity contribution in [3.8, 4) is 0 Å². The highest BCUT2D eigenvalue weighted by Gasteiger charge is 2.19. The van der Waals surface area contributed by atoms with Crippen molar-refractivity contribution >= 4 is 0 Å². The van der Waals surface area contributed by atoms with E-state index < -0.39 is 17.5 Å². The summed E-state index contributed by atoms with van der Waals surface area (Å²) in [6.45, 7) is 6.06. The second-order valence-corrected chi connectivity index (χ2v) is 6.27. The van der Waals surface area contributed by atoms with Gasteiger partial charge in [-0.05, 0) is 30.5 Å². The van der Waals surface area contributed by atoms with Gasteiger partial charge >= 0.3 is 0 Å². The molecule has 3 rings (SSSR count). The van der Waals surface area contributed by atoms with E-state index in [4.69, 9.17) is 0 Å². The van der Waals surface area contributed by atoms with Gasteiger partial charge in [0.1, 0.15) is 23.3 Å². The molecule has 0 spiro atoms. The van der Waals surface area contributed by atoms with Gasteiger partial charge in [-0.3, -0.25) is 0 Å². The number of aromatic nitrogens is 2. The molecular formula is C20H19F3N2. The molecule has 1 aromatic heterocycles. The maximum absolute atomic E-state index is 14.0. The first-order valence-electron chi connectivity index (χ1n) is 8.09. The number of hydrogen-bond acceptors (Lipinski definition) is 1. The van der Waals surface area contributed by atoms with Gasteiger partial charge in [-0.2, -0.15) is 0 Å². The number of rotatable bonds is 4. The van der Waals surface area contributed by atoms with Gasteiger partial charge < -0.3 is 4.57 Å². The summed E-state index contributed by atoms with van der Waals surface area (Å²) in [5.74, 6) is -2.04. The molecule has 5 heteroatoms. The van der Waals surface area contributed by atoms with Crippen molar-refractivity contribution in [1.82, 2.24) is 9.55 Å². The quantitative estimate of drug-likeness (QED) is 0.642. The topological polar surface area (TPSA) is 17.8 Å². The lowest BCUT2D eigenvalue weighted by molar-refractivity contribution is 0.512. The van der Waals surface area contributed by atoms with E-state index in [0.29, 0.717) is 18.0 Å². The third-order valence-corrected chi connectivity index (χ3v) is 4.68. The van der Waals surface area contributed by atoms with Crippen LogP contribution in [0.5, 0.6) is 0 Å². The van der Waals surface area contributed by atoms with Crippen LogP contribution in [-0.4, -0.2) is 9.55 Å².